The number of nitrogens with zero attached hydrogens (tertiary/aromatic N) is 2. The number of fused-ring (bicyclic) bond motifs is 1. The molecule has 1 N–H and O–H groups in total. The maximum absolute atomic E-state index is 4.31. The number of hydrogen-bond acceptors (Lipinski definition) is 5. The number of benzene rings is 1. The Morgan fingerprint density at radius 3 is 3.00 bits per heavy atom. The van der Waals surface area contributed by atoms with E-state index in [-0.39, 0.29) is 6.04 Å². The largest absolute Gasteiger partial charge is 0.376 e. The van der Waals surface area contributed by atoms with Crippen LogP contribution in [0.5, 0.6) is 0 Å². The molecule has 1 atom stereocenters. The van der Waals surface area contributed by atoms with Gasteiger partial charge < -0.3 is 5.32 Å². The second-order valence-corrected chi connectivity index (χ2v) is 5.58. The fraction of sp³-hybridized carbons (Fsp3) is 0.167. The third-order valence-electron chi connectivity index (χ3n) is 2.54. The molecule has 0 fully saturated rings. The average Bonchev–Trinajstić information content (AvgIpc) is 2.99. The van der Waals surface area contributed by atoms with Gasteiger partial charge in [-0.25, -0.2) is 9.97 Å². The van der Waals surface area contributed by atoms with Crippen molar-refractivity contribution in [3.05, 3.63) is 40.3 Å². The Morgan fingerprint density at radius 2 is 2.18 bits per heavy atom. The first kappa shape index (κ1) is 10.7. The molecule has 0 bridgehead atoms. The van der Waals surface area contributed by atoms with Gasteiger partial charge in [0.25, 0.3) is 0 Å². The van der Waals surface area contributed by atoms with Gasteiger partial charge in [0.05, 0.1) is 21.8 Å². The van der Waals surface area contributed by atoms with Crippen molar-refractivity contribution in [2.24, 2.45) is 0 Å². The molecule has 17 heavy (non-hydrogen) atoms. The van der Waals surface area contributed by atoms with E-state index in [1.54, 1.807) is 22.7 Å². The van der Waals surface area contributed by atoms with Crippen LogP contribution in [0.25, 0.3) is 10.2 Å². The molecule has 0 saturated heterocycles. The number of anilines is 1. The number of nitrogens with one attached hydrogen (secondary N) is 1. The second-order valence-electron chi connectivity index (χ2n) is 3.77. The van der Waals surface area contributed by atoms with E-state index >= 15 is 0 Å². The number of aromatic nitrogens is 2. The minimum Gasteiger partial charge on any atom is -0.376 e. The molecule has 3 nitrogen and oxygen atoms in total. The van der Waals surface area contributed by atoms with E-state index in [2.05, 4.69) is 34.3 Å². The molecule has 1 aromatic carbocycles. The van der Waals surface area contributed by atoms with Gasteiger partial charge in [0.15, 0.2) is 0 Å². The van der Waals surface area contributed by atoms with Gasteiger partial charge in [-0.05, 0) is 25.1 Å². The summed E-state index contributed by atoms with van der Waals surface area (Å²) in [6.07, 6.45) is 1.84. The van der Waals surface area contributed by atoms with Crippen LogP contribution in [0.4, 0.5) is 5.69 Å². The lowest BCUT2D eigenvalue weighted by molar-refractivity contribution is 0.870. The molecule has 0 aliphatic carbocycles. The topological polar surface area (TPSA) is 37.8 Å². The van der Waals surface area contributed by atoms with Crippen molar-refractivity contribution in [2.45, 2.75) is 13.0 Å². The van der Waals surface area contributed by atoms with Crippen LogP contribution >= 0.6 is 22.7 Å². The third-order valence-corrected chi connectivity index (χ3v) is 4.29. The standard InChI is InChI=1S/C12H11N3S2/c1-8(12-13-4-5-16-12)15-9-2-3-10-11(6-9)17-7-14-10/h2-8,15H,1H3. The zero-order chi connectivity index (χ0) is 11.7. The molecule has 3 rings (SSSR count). The van der Waals surface area contributed by atoms with Gasteiger partial charge in [-0.15, -0.1) is 22.7 Å². The number of hydrogen-bond donors (Lipinski definition) is 1. The van der Waals surface area contributed by atoms with Crippen molar-refractivity contribution in [2.75, 3.05) is 5.32 Å². The molecule has 86 valence electrons. The fourth-order valence-corrected chi connectivity index (χ4v) is 3.07. The highest BCUT2D eigenvalue weighted by molar-refractivity contribution is 7.16. The molecule has 1 unspecified atom stereocenters. The Bertz CT molecular complexity index is 616. The van der Waals surface area contributed by atoms with Crippen LogP contribution in [-0.2, 0) is 0 Å². The molecule has 0 saturated carbocycles. The summed E-state index contributed by atoms with van der Waals surface area (Å²) in [5.74, 6) is 0. The molecule has 0 aliphatic heterocycles. The minimum atomic E-state index is 0.236. The van der Waals surface area contributed by atoms with Gasteiger partial charge in [0.2, 0.25) is 0 Å². The Morgan fingerprint density at radius 1 is 1.24 bits per heavy atom. The number of thiazole rings is 2. The number of rotatable bonds is 3. The van der Waals surface area contributed by atoms with E-state index < -0.39 is 0 Å². The summed E-state index contributed by atoms with van der Waals surface area (Å²) in [5.41, 5.74) is 4.05. The molecular formula is C12H11N3S2. The van der Waals surface area contributed by atoms with Crippen LogP contribution in [-0.4, -0.2) is 9.97 Å². The van der Waals surface area contributed by atoms with E-state index in [0.717, 1.165) is 16.2 Å². The highest BCUT2D eigenvalue weighted by atomic mass is 32.1. The Kier molecular flexibility index (Phi) is 2.78. The van der Waals surface area contributed by atoms with Gasteiger partial charge in [-0.3, -0.25) is 0 Å². The molecule has 0 aliphatic rings. The van der Waals surface area contributed by atoms with Crippen LogP contribution in [0.15, 0.2) is 35.3 Å². The zero-order valence-corrected chi connectivity index (χ0v) is 10.9. The quantitative estimate of drug-likeness (QED) is 0.776. The first-order valence-electron chi connectivity index (χ1n) is 5.32. The first-order valence-corrected chi connectivity index (χ1v) is 7.08. The van der Waals surface area contributed by atoms with Crippen molar-refractivity contribution in [3.8, 4) is 0 Å². The van der Waals surface area contributed by atoms with Crippen LogP contribution in [0.3, 0.4) is 0 Å². The molecular weight excluding hydrogens is 250 g/mol. The first-order chi connectivity index (χ1) is 8.33. The summed E-state index contributed by atoms with van der Waals surface area (Å²) in [7, 11) is 0. The smallest absolute Gasteiger partial charge is 0.115 e. The molecule has 2 heterocycles. The van der Waals surface area contributed by atoms with Crippen LogP contribution in [0, 0.1) is 0 Å². The van der Waals surface area contributed by atoms with Crippen LogP contribution < -0.4 is 5.32 Å². The van der Waals surface area contributed by atoms with Gasteiger partial charge in [0, 0.05) is 17.3 Å². The molecule has 2 aromatic heterocycles. The Labute approximate surface area is 107 Å². The summed E-state index contributed by atoms with van der Waals surface area (Å²) in [6.45, 7) is 2.12. The summed E-state index contributed by atoms with van der Waals surface area (Å²) in [5, 5.41) is 6.56. The predicted molar refractivity (Wildman–Crippen MR) is 73.8 cm³/mol. The normalized spacial score (nSPS) is 12.8. The zero-order valence-electron chi connectivity index (χ0n) is 9.25. The van der Waals surface area contributed by atoms with Gasteiger partial charge in [0.1, 0.15) is 5.01 Å². The molecule has 0 radical (unpaired) electrons. The maximum Gasteiger partial charge on any atom is 0.115 e. The second kappa shape index (κ2) is 4.43. The van der Waals surface area contributed by atoms with Gasteiger partial charge in [-0.1, -0.05) is 0 Å². The Balaban J connectivity index is 1.84. The summed E-state index contributed by atoms with van der Waals surface area (Å²) in [6, 6.07) is 6.48. The molecule has 0 amide bonds. The highest BCUT2D eigenvalue weighted by Crippen LogP contribution is 2.25. The lowest BCUT2D eigenvalue weighted by atomic mass is 10.2. The van der Waals surface area contributed by atoms with E-state index in [9.17, 15) is 0 Å². The summed E-state index contributed by atoms with van der Waals surface area (Å²) in [4.78, 5) is 8.58. The van der Waals surface area contributed by atoms with Crippen molar-refractivity contribution in [1.29, 1.82) is 0 Å². The van der Waals surface area contributed by atoms with E-state index in [4.69, 9.17) is 0 Å². The molecule has 5 heteroatoms. The van der Waals surface area contributed by atoms with Crippen LogP contribution in [0.2, 0.25) is 0 Å². The van der Waals surface area contributed by atoms with E-state index in [0.29, 0.717) is 0 Å². The van der Waals surface area contributed by atoms with E-state index in [1.807, 2.05) is 23.2 Å². The third kappa shape index (κ3) is 2.16. The average molecular weight is 261 g/mol. The van der Waals surface area contributed by atoms with Gasteiger partial charge >= 0.3 is 0 Å². The molecule has 3 aromatic rings. The summed E-state index contributed by atoms with van der Waals surface area (Å²) >= 11 is 3.33. The van der Waals surface area contributed by atoms with Crippen molar-refractivity contribution in [3.63, 3.8) is 0 Å². The molecule has 0 spiro atoms. The van der Waals surface area contributed by atoms with E-state index in [1.165, 1.54) is 4.70 Å². The maximum atomic E-state index is 4.31. The SMILES string of the molecule is CC(Nc1ccc2ncsc2c1)c1nccs1. The summed E-state index contributed by atoms with van der Waals surface area (Å²) < 4.78 is 1.21. The highest BCUT2D eigenvalue weighted by Gasteiger charge is 2.08. The van der Waals surface area contributed by atoms with Crippen molar-refractivity contribution < 1.29 is 0 Å². The van der Waals surface area contributed by atoms with Crippen molar-refractivity contribution in [1.82, 2.24) is 9.97 Å². The Hall–Kier alpha value is -1.46. The van der Waals surface area contributed by atoms with Crippen LogP contribution in [0.1, 0.15) is 18.0 Å². The monoisotopic (exact) mass is 261 g/mol. The minimum absolute atomic E-state index is 0.236. The fourth-order valence-electron chi connectivity index (χ4n) is 1.70. The predicted octanol–water partition coefficient (Wildman–Crippen LogP) is 3.93. The van der Waals surface area contributed by atoms with Gasteiger partial charge in [-0.2, -0.15) is 0 Å². The lowest BCUT2D eigenvalue weighted by Crippen LogP contribution is -2.05. The van der Waals surface area contributed by atoms with Crippen molar-refractivity contribution >= 4 is 38.6 Å². The lowest BCUT2D eigenvalue weighted by Gasteiger charge is -2.12.